The molecule has 5 heteroatoms. The Morgan fingerprint density at radius 3 is 2.26 bits per heavy atom. The summed E-state index contributed by atoms with van der Waals surface area (Å²) in [4.78, 5) is 23.7. The predicted octanol–water partition coefficient (Wildman–Crippen LogP) is 3.57. The molecule has 0 radical (unpaired) electrons. The lowest BCUT2D eigenvalue weighted by molar-refractivity contribution is -0.117. The van der Waals surface area contributed by atoms with E-state index >= 15 is 0 Å². The number of benzene rings is 2. The average Bonchev–Trinajstić information content (AvgIpc) is 3.39. The smallest absolute Gasteiger partial charge is 0.251 e. The largest absolute Gasteiger partial charge is 0.348 e. The molecule has 0 unspecified atom stereocenters. The van der Waals surface area contributed by atoms with E-state index in [0.717, 1.165) is 27.7 Å². The second kappa shape index (κ2) is 7.12. The van der Waals surface area contributed by atoms with Crippen LogP contribution in [0, 0.1) is 9.49 Å². The Morgan fingerprint density at radius 1 is 1.00 bits per heavy atom. The van der Waals surface area contributed by atoms with E-state index in [1.165, 1.54) is 0 Å². The zero-order valence-corrected chi connectivity index (χ0v) is 14.7. The summed E-state index contributed by atoms with van der Waals surface area (Å²) >= 11 is 2.21. The SMILES string of the molecule is O=C(NCc1ccc(NC(=O)C2CC2)cc1)c1ccc(I)cc1. The van der Waals surface area contributed by atoms with Crippen molar-refractivity contribution in [3.63, 3.8) is 0 Å². The molecule has 1 aliphatic rings. The minimum absolute atomic E-state index is 0.0903. The number of halogens is 1. The summed E-state index contributed by atoms with van der Waals surface area (Å²) < 4.78 is 1.10. The van der Waals surface area contributed by atoms with E-state index in [4.69, 9.17) is 0 Å². The molecule has 118 valence electrons. The molecule has 2 N–H and O–H groups in total. The standard InChI is InChI=1S/C18H17IN2O2/c19-15-7-5-13(6-8-15)17(22)20-11-12-1-9-16(10-2-12)21-18(23)14-3-4-14/h1-2,5-10,14H,3-4,11H2,(H,20,22)(H,21,23). The van der Waals surface area contributed by atoms with Gasteiger partial charge >= 0.3 is 0 Å². The summed E-state index contributed by atoms with van der Waals surface area (Å²) in [5.41, 5.74) is 2.45. The molecule has 0 saturated heterocycles. The van der Waals surface area contributed by atoms with Gasteiger partial charge in [0.1, 0.15) is 0 Å². The van der Waals surface area contributed by atoms with Crippen molar-refractivity contribution >= 4 is 40.1 Å². The van der Waals surface area contributed by atoms with Gasteiger partial charge < -0.3 is 10.6 Å². The average molecular weight is 420 g/mol. The van der Waals surface area contributed by atoms with Gasteiger partial charge in [-0.1, -0.05) is 12.1 Å². The zero-order chi connectivity index (χ0) is 16.2. The third kappa shape index (κ3) is 4.54. The van der Waals surface area contributed by atoms with Gasteiger partial charge in [-0.15, -0.1) is 0 Å². The summed E-state index contributed by atoms with van der Waals surface area (Å²) in [5, 5.41) is 5.79. The van der Waals surface area contributed by atoms with Crippen molar-refractivity contribution < 1.29 is 9.59 Å². The Labute approximate surface area is 148 Å². The van der Waals surface area contributed by atoms with Crippen molar-refractivity contribution in [3.8, 4) is 0 Å². The lowest BCUT2D eigenvalue weighted by Gasteiger charge is -2.08. The monoisotopic (exact) mass is 420 g/mol. The topological polar surface area (TPSA) is 58.2 Å². The minimum atomic E-state index is -0.0903. The van der Waals surface area contributed by atoms with Gasteiger partial charge in [0.2, 0.25) is 5.91 Å². The molecule has 0 heterocycles. The first-order valence-corrected chi connectivity index (χ1v) is 8.63. The van der Waals surface area contributed by atoms with E-state index in [1.54, 1.807) is 0 Å². The van der Waals surface area contributed by atoms with Crippen LogP contribution < -0.4 is 10.6 Å². The van der Waals surface area contributed by atoms with Gasteiger partial charge in [0.05, 0.1) is 0 Å². The molecule has 0 aliphatic heterocycles. The maximum atomic E-state index is 12.1. The van der Waals surface area contributed by atoms with Crippen LogP contribution in [0.25, 0.3) is 0 Å². The molecular weight excluding hydrogens is 403 g/mol. The van der Waals surface area contributed by atoms with Crippen LogP contribution >= 0.6 is 22.6 Å². The number of nitrogens with one attached hydrogen (secondary N) is 2. The highest BCUT2D eigenvalue weighted by molar-refractivity contribution is 14.1. The molecule has 2 aromatic rings. The maximum Gasteiger partial charge on any atom is 0.251 e. The highest BCUT2D eigenvalue weighted by Crippen LogP contribution is 2.30. The van der Waals surface area contributed by atoms with Crippen molar-refractivity contribution in [3.05, 3.63) is 63.2 Å². The molecule has 0 aromatic heterocycles. The van der Waals surface area contributed by atoms with Gasteiger partial charge in [-0.25, -0.2) is 0 Å². The van der Waals surface area contributed by atoms with E-state index in [0.29, 0.717) is 12.1 Å². The van der Waals surface area contributed by atoms with Crippen LogP contribution in [-0.4, -0.2) is 11.8 Å². The van der Waals surface area contributed by atoms with Crippen LogP contribution in [0.5, 0.6) is 0 Å². The van der Waals surface area contributed by atoms with E-state index in [9.17, 15) is 9.59 Å². The van der Waals surface area contributed by atoms with Crippen LogP contribution in [0.1, 0.15) is 28.8 Å². The van der Waals surface area contributed by atoms with Crippen molar-refractivity contribution in [2.24, 2.45) is 5.92 Å². The normalized spacial score (nSPS) is 13.4. The van der Waals surface area contributed by atoms with E-state index in [2.05, 4.69) is 33.2 Å². The molecule has 2 amide bonds. The number of carbonyl (C=O) groups is 2. The molecule has 1 fully saturated rings. The van der Waals surface area contributed by atoms with Crippen LogP contribution in [0.2, 0.25) is 0 Å². The molecule has 0 atom stereocenters. The van der Waals surface area contributed by atoms with Gasteiger partial charge in [0, 0.05) is 27.3 Å². The predicted molar refractivity (Wildman–Crippen MR) is 98.1 cm³/mol. The van der Waals surface area contributed by atoms with Crippen LogP contribution in [0.4, 0.5) is 5.69 Å². The Hall–Kier alpha value is -1.89. The number of anilines is 1. The highest BCUT2D eigenvalue weighted by atomic mass is 127. The van der Waals surface area contributed by atoms with Gasteiger partial charge in [-0.05, 0) is 77.4 Å². The van der Waals surface area contributed by atoms with Gasteiger partial charge in [0.15, 0.2) is 0 Å². The van der Waals surface area contributed by atoms with E-state index in [-0.39, 0.29) is 17.7 Å². The zero-order valence-electron chi connectivity index (χ0n) is 12.5. The molecule has 0 spiro atoms. The summed E-state index contributed by atoms with van der Waals surface area (Å²) in [6.45, 7) is 0.460. The summed E-state index contributed by atoms with van der Waals surface area (Å²) in [6, 6.07) is 15.0. The first kappa shape index (κ1) is 16.0. The molecule has 1 saturated carbocycles. The molecular formula is C18H17IN2O2. The number of amides is 2. The summed E-state index contributed by atoms with van der Waals surface area (Å²) in [7, 11) is 0. The van der Waals surface area contributed by atoms with Crippen molar-refractivity contribution in [2.75, 3.05) is 5.32 Å². The Bertz CT molecular complexity index is 707. The van der Waals surface area contributed by atoms with Crippen LogP contribution in [0.3, 0.4) is 0 Å². The molecule has 4 nitrogen and oxygen atoms in total. The number of hydrogen-bond donors (Lipinski definition) is 2. The fourth-order valence-corrected chi connectivity index (χ4v) is 2.54. The Morgan fingerprint density at radius 2 is 1.65 bits per heavy atom. The van der Waals surface area contributed by atoms with Crippen molar-refractivity contribution in [1.29, 1.82) is 0 Å². The number of hydrogen-bond acceptors (Lipinski definition) is 2. The fraction of sp³-hybridized carbons (Fsp3) is 0.222. The van der Waals surface area contributed by atoms with Crippen molar-refractivity contribution in [2.45, 2.75) is 19.4 Å². The molecule has 3 rings (SSSR count). The Balaban J connectivity index is 1.52. The quantitative estimate of drug-likeness (QED) is 0.727. The molecule has 0 bridgehead atoms. The van der Waals surface area contributed by atoms with Crippen LogP contribution in [-0.2, 0) is 11.3 Å². The van der Waals surface area contributed by atoms with Crippen LogP contribution in [0.15, 0.2) is 48.5 Å². The van der Waals surface area contributed by atoms with Gasteiger partial charge in [-0.3, -0.25) is 9.59 Å². The minimum Gasteiger partial charge on any atom is -0.348 e. The van der Waals surface area contributed by atoms with Crippen molar-refractivity contribution in [1.82, 2.24) is 5.32 Å². The molecule has 23 heavy (non-hydrogen) atoms. The maximum absolute atomic E-state index is 12.1. The number of carbonyl (C=O) groups excluding carboxylic acids is 2. The third-order valence-electron chi connectivity index (χ3n) is 3.73. The lowest BCUT2D eigenvalue weighted by atomic mass is 10.2. The first-order valence-electron chi connectivity index (χ1n) is 7.55. The molecule has 1 aliphatic carbocycles. The van der Waals surface area contributed by atoms with Gasteiger partial charge in [0.25, 0.3) is 5.91 Å². The summed E-state index contributed by atoms with van der Waals surface area (Å²) in [5.74, 6) is 0.208. The fourth-order valence-electron chi connectivity index (χ4n) is 2.18. The lowest BCUT2D eigenvalue weighted by Crippen LogP contribution is -2.22. The third-order valence-corrected chi connectivity index (χ3v) is 4.45. The first-order chi connectivity index (χ1) is 11.1. The summed E-state index contributed by atoms with van der Waals surface area (Å²) in [6.07, 6.45) is 1.99. The van der Waals surface area contributed by atoms with Gasteiger partial charge in [-0.2, -0.15) is 0 Å². The second-order valence-electron chi connectivity index (χ2n) is 5.65. The Kier molecular flexibility index (Phi) is 4.95. The second-order valence-corrected chi connectivity index (χ2v) is 6.90. The molecule has 2 aromatic carbocycles. The number of rotatable bonds is 5. The van der Waals surface area contributed by atoms with E-state index < -0.39 is 0 Å². The highest BCUT2D eigenvalue weighted by Gasteiger charge is 2.29. The van der Waals surface area contributed by atoms with E-state index in [1.807, 2.05) is 48.5 Å².